The third-order valence-electron chi connectivity index (χ3n) is 7.15. The molecule has 34 heavy (non-hydrogen) atoms. The molecule has 9 nitrogen and oxygen atoms in total. The summed E-state index contributed by atoms with van der Waals surface area (Å²) in [4.78, 5) is 41.9. The fourth-order valence-electron chi connectivity index (χ4n) is 5.07. The molecule has 1 spiro atoms. The van der Waals surface area contributed by atoms with Crippen LogP contribution in [0.3, 0.4) is 0 Å². The highest BCUT2D eigenvalue weighted by Gasteiger charge is 2.43. The molecule has 2 aromatic rings. The number of carbonyl (C=O) groups is 3. The third-order valence-corrected chi connectivity index (χ3v) is 7.15. The molecule has 9 heteroatoms. The molecule has 2 fully saturated rings. The highest BCUT2D eigenvalue weighted by molar-refractivity contribution is 5.96. The molecule has 2 aliphatic rings. The minimum Gasteiger partial charge on any atom is -0.467 e. The van der Waals surface area contributed by atoms with Crippen LogP contribution in [0.15, 0.2) is 34.9 Å². The minimum absolute atomic E-state index is 0.00690. The van der Waals surface area contributed by atoms with Gasteiger partial charge in [0.1, 0.15) is 17.4 Å². The number of piperidine rings is 1. The highest BCUT2D eigenvalue weighted by atomic mass is 16.5. The van der Waals surface area contributed by atoms with Gasteiger partial charge in [0.15, 0.2) is 0 Å². The maximum atomic E-state index is 13.0. The van der Waals surface area contributed by atoms with Crippen molar-refractivity contribution in [1.29, 1.82) is 0 Å². The number of nitrogens with zero attached hydrogens (tertiary/aromatic N) is 3. The Labute approximate surface area is 199 Å². The first kappa shape index (κ1) is 23.8. The molecule has 0 aliphatic carbocycles. The van der Waals surface area contributed by atoms with Crippen molar-refractivity contribution in [3.63, 3.8) is 0 Å². The van der Waals surface area contributed by atoms with E-state index in [1.807, 2.05) is 35.2 Å². The van der Waals surface area contributed by atoms with Gasteiger partial charge < -0.3 is 24.4 Å². The smallest absolute Gasteiger partial charge is 0.328 e. The van der Waals surface area contributed by atoms with Crippen LogP contribution in [0.4, 0.5) is 4.79 Å². The van der Waals surface area contributed by atoms with Crippen molar-refractivity contribution in [2.24, 2.45) is 5.41 Å². The van der Waals surface area contributed by atoms with Crippen LogP contribution in [-0.4, -0.2) is 72.2 Å². The number of methoxy groups -OCH3 is 1. The normalized spacial score (nSPS) is 18.1. The first-order chi connectivity index (χ1) is 16.3. The predicted molar refractivity (Wildman–Crippen MR) is 124 cm³/mol. The molecule has 0 unspecified atom stereocenters. The number of carbonyl (C=O) groups excluding carboxylic acids is 3. The fraction of sp³-hybridized carbons (Fsp3) is 0.520. The van der Waals surface area contributed by atoms with Crippen LogP contribution < -0.4 is 5.32 Å². The van der Waals surface area contributed by atoms with E-state index < -0.39 is 12.0 Å². The van der Waals surface area contributed by atoms with Gasteiger partial charge in [-0.2, -0.15) is 0 Å². The molecule has 2 aliphatic heterocycles. The van der Waals surface area contributed by atoms with Gasteiger partial charge in [-0.25, -0.2) is 9.59 Å². The van der Waals surface area contributed by atoms with Crippen molar-refractivity contribution < 1.29 is 23.6 Å². The van der Waals surface area contributed by atoms with Crippen molar-refractivity contribution in [2.75, 3.05) is 33.3 Å². The molecule has 3 amide bonds. The lowest BCUT2D eigenvalue weighted by atomic mass is 9.77. The average Bonchev–Trinajstić information content (AvgIpc) is 3.41. The number of hydrogen-bond donors (Lipinski definition) is 1. The molecule has 2 saturated heterocycles. The van der Waals surface area contributed by atoms with Gasteiger partial charge in [0.2, 0.25) is 0 Å². The second-order valence-electron chi connectivity index (χ2n) is 9.38. The summed E-state index contributed by atoms with van der Waals surface area (Å²) in [6.45, 7) is 6.05. The monoisotopic (exact) mass is 468 g/mol. The molecule has 0 bridgehead atoms. The molecule has 4 rings (SSSR count). The number of rotatable bonds is 5. The fourth-order valence-corrected chi connectivity index (χ4v) is 5.07. The van der Waals surface area contributed by atoms with Gasteiger partial charge in [0.25, 0.3) is 5.91 Å². The number of esters is 1. The number of aryl methyl sites for hydroxylation is 2. The van der Waals surface area contributed by atoms with Crippen molar-refractivity contribution in [2.45, 2.75) is 45.6 Å². The van der Waals surface area contributed by atoms with Gasteiger partial charge in [-0.15, -0.1) is 0 Å². The van der Waals surface area contributed by atoms with Gasteiger partial charge in [-0.1, -0.05) is 35.5 Å². The van der Waals surface area contributed by atoms with Crippen LogP contribution in [0, 0.1) is 19.3 Å². The quantitative estimate of drug-likeness (QED) is 0.677. The van der Waals surface area contributed by atoms with Gasteiger partial charge in [0, 0.05) is 32.6 Å². The Morgan fingerprint density at radius 2 is 1.74 bits per heavy atom. The van der Waals surface area contributed by atoms with E-state index in [9.17, 15) is 14.4 Å². The maximum absolute atomic E-state index is 13.0. The number of urea groups is 1. The van der Waals surface area contributed by atoms with E-state index in [2.05, 4.69) is 10.5 Å². The van der Waals surface area contributed by atoms with Crippen LogP contribution in [0.2, 0.25) is 0 Å². The van der Waals surface area contributed by atoms with Crippen LogP contribution in [0.25, 0.3) is 0 Å². The summed E-state index contributed by atoms with van der Waals surface area (Å²) in [6, 6.07) is 8.56. The van der Waals surface area contributed by atoms with Crippen molar-refractivity contribution in [3.05, 3.63) is 52.9 Å². The molecule has 1 aromatic carbocycles. The average molecular weight is 469 g/mol. The Morgan fingerprint density at radius 1 is 1.09 bits per heavy atom. The van der Waals surface area contributed by atoms with Crippen molar-refractivity contribution in [3.8, 4) is 0 Å². The van der Waals surface area contributed by atoms with E-state index in [1.54, 1.807) is 18.7 Å². The minimum atomic E-state index is -0.744. The van der Waals surface area contributed by atoms with Crippen molar-refractivity contribution in [1.82, 2.24) is 20.3 Å². The second kappa shape index (κ2) is 9.87. The molecular formula is C25H32N4O5. The van der Waals surface area contributed by atoms with Gasteiger partial charge in [-0.3, -0.25) is 4.79 Å². The lowest BCUT2D eigenvalue weighted by molar-refractivity contribution is -0.142. The Kier molecular flexibility index (Phi) is 6.90. The topological polar surface area (TPSA) is 105 Å². The number of ether oxygens (including phenoxy) is 1. The molecule has 1 aromatic heterocycles. The van der Waals surface area contributed by atoms with Gasteiger partial charge in [-0.05, 0) is 44.1 Å². The van der Waals surface area contributed by atoms with E-state index in [1.165, 1.54) is 7.11 Å². The molecule has 1 N–H and O–H groups in total. The summed E-state index contributed by atoms with van der Waals surface area (Å²) < 4.78 is 10.1. The SMILES string of the molecule is COC(=O)[C@H](Cc1ccccc1)NC(=O)N1CCC2(CCN(C(=O)c3c(C)noc3C)CC2)C1. The van der Waals surface area contributed by atoms with Crippen LogP contribution in [0.1, 0.15) is 46.6 Å². The van der Waals surface area contributed by atoms with Gasteiger partial charge in [0.05, 0.1) is 12.8 Å². The Balaban J connectivity index is 1.34. The molecule has 3 heterocycles. The zero-order valence-corrected chi connectivity index (χ0v) is 20.0. The first-order valence-corrected chi connectivity index (χ1v) is 11.7. The standard InChI is InChI=1S/C25H32N4O5/c1-17-21(18(2)34-27-17)22(30)28-12-9-25(10-13-28)11-14-29(16-25)24(32)26-20(23(31)33-3)15-19-7-5-4-6-8-19/h4-8,20H,9-16H2,1-3H3,(H,26,32)/t20-/m0/s1. The third kappa shape index (κ3) is 4.93. The predicted octanol–water partition coefficient (Wildman–Crippen LogP) is 2.71. The lowest BCUT2D eigenvalue weighted by Gasteiger charge is -2.39. The Morgan fingerprint density at radius 3 is 2.32 bits per heavy atom. The number of nitrogens with one attached hydrogen (secondary N) is 1. The zero-order chi connectivity index (χ0) is 24.3. The Hall–Kier alpha value is -3.36. The maximum Gasteiger partial charge on any atom is 0.328 e. The summed E-state index contributed by atoms with van der Waals surface area (Å²) >= 11 is 0. The number of likely N-dealkylation sites (tertiary alicyclic amines) is 2. The van der Waals surface area contributed by atoms with Crippen LogP contribution >= 0.6 is 0 Å². The van der Waals surface area contributed by atoms with E-state index in [-0.39, 0.29) is 17.4 Å². The molecule has 0 saturated carbocycles. The zero-order valence-electron chi connectivity index (χ0n) is 20.0. The first-order valence-electron chi connectivity index (χ1n) is 11.7. The number of amides is 3. The summed E-state index contributed by atoms with van der Waals surface area (Å²) in [5.74, 6) is 0.0416. The van der Waals surface area contributed by atoms with Crippen molar-refractivity contribution >= 4 is 17.9 Å². The summed E-state index contributed by atoms with van der Waals surface area (Å²) in [5, 5.41) is 6.76. The van der Waals surface area contributed by atoms with Crippen LogP contribution in [-0.2, 0) is 16.0 Å². The molecule has 0 radical (unpaired) electrons. The van der Waals surface area contributed by atoms with Gasteiger partial charge >= 0.3 is 12.0 Å². The summed E-state index contributed by atoms with van der Waals surface area (Å²) in [6.07, 6.45) is 2.92. The Bertz CT molecular complexity index is 1020. The largest absolute Gasteiger partial charge is 0.467 e. The van der Waals surface area contributed by atoms with E-state index in [4.69, 9.17) is 9.26 Å². The summed E-state index contributed by atoms with van der Waals surface area (Å²) in [5.41, 5.74) is 2.11. The second-order valence-corrected chi connectivity index (χ2v) is 9.38. The van der Waals surface area contributed by atoms with E-state index in [0.29, 0.717) is 49.6 Å². The lowest BCUT2D eigenvalue weighted by Crippen LogP contribution is -2.50. The van der Waals surface area contributed by atoms with E-state index in [0.717, 1.165) is 24.8 Å². The number of benzene rings is 1. The van der Waals surface area contributed by atoms with E-state index >= 15 is 0 Å². The number of hydrogen-bond acceptors (Lipinski definition) is 6. The number of aromatic nitrogens is 1. The summed E-state index contributed by atoms with van der Waals surface area (Å²) in [7, 11) is 1.33. The molecule has 182 valence electrons. The highest BCUT2D eigenvalue weighted by Crippen LogP contribution is 2.40. The molecular weight excluding hydrogens is 436 g/mol. The van der Waals surface area contributed by atoms with Crippen LogP contribution in [0.5, 0.6) is 0 Å². The molecule has 1 atom stereocenters.